The third-order valence-corrected chi connectivity index (χ3v) is 4.07. The average Bonchev–Trinajstić information content (AvgIpc) is 2.64. The van der Waals surface area contributed by atoms with Crippen molar-refractivity contribution in [3.63, 3.8) is 0 Å². The molecule has 0 unspecified atom stereocenters. The molecule has 0 aliphatic rings. The van der Waals surface area contributed by atoms with E-state index < -0.39 is 10.1 Å². The highest BCUT2D eigenvalue weighted by Crippen LogP contribution is 2.38. The molecule has 0 aliphatic heterocycles. The first-order valence-corrected chi connectivity index (χ1v) is 9.68. The zero-order chi connectivity index (χ0) is 20.0. The van der Waals surface area contributed by atoms with Crippen LogP contribution in [0.15, 0.2) is 30.3 Å². The second-order valence-corrected chi connectivity index (χ2v) is 7.06. The molecule has 0 N–H and O–H groups in total. The highest BCUT2D eigenvalue weighted by Gasteiger charge is 2.13. The van der Waals surface area contributed by atoms with Gasteiger partial charge < -0.3 is 23.1 Å². The molecule has 0 aromatic heterocycles. The van der Waals surface area contributed by atoms with E-state index in [2.05, 4.69) is 0 Å². The van der Waals surface area contributed by atoms with Crippen LogP contribution in [0.5, 0.6) is 28.7 Å². The molecule has 0 aliphatic carbocycles. The first kappa shape index (κ1) is 20.4. The number of hydrogen-bond acceptors (Lipinski definition) is 7. The summed E-state index contributed by atoms with van der Waals surface area (Å²) in [5.74, 6) is 2.02. The van der Waals surface area contributed by atoms with Crippen molar-refractivity contribution in [3.8, 4) is 28.7 Å². The minimum absolute atomic E-state index is 0.118. The van der Waals surface area contributed by atoms with Crippen LogP contribution in [0.4, 0.5) is 0 Å². The number of ether oxygens (including phenoxy) is 4. The van der Waals surface area contributed by atoms with Crippen LogP contribution in [0.1, 0.15) is 11.1 Å². The fourth-order valence-electron chi connectivity index (χ4n) is 2.42. The molecule has 0 atom stereocenters. The van der Waals surface area contributed by atoms with Gasteiger partial charge in [-0.05, 0) is 35.4 Å². The van der Waals surface area contributed by atoms with Crippen LogP contribution in [0.2, 0.25) is 0 Å². The van der Waals surface area contributed by atoms with Gasteiger partial charge >= 0.3 is 10.1 Å². The number of hydrogen-bond donors (Lipinski definition) is 0. The summed E-state index contributed by atoms with van der Waals surface area (Å²) < 4.78 is 48.9. The summed E-state index contributed by atoms with van der Waals surface area (Å²) in [5.41, 5.74) is 1.54. The molecule has 0 spiro atoms. The Balaban J connectivity index is 2.39. The summed E-state index contributed by atoms with van der Waals surface area (Å²) in [6, 6.07) is 8.59. The van der Waals surface area contributed by atoms with Gasteiger partial charge in [0.1, 0.15) is 0 Å². The van der Waals surface area contributed by atoms with E-state index in [1.807, 2.05) is 6.08 Å². The van der Waals surface area contributed by atoms with Crippen LogP contribution in [-0.4, -0.2) is 43.1 Å². The van der Waals surface area contributed by atoms with Crippen molar-refractivity contribution >= 4 is 22.3 Å². The Morgan fingerprint density at radius 2 is 1.22 bits per heavy atom. The van der Waals surface area contributed by atoms with Crippen LogP contribution >= 0.6 is 0 Å². The summed E-state index contributed by atoms with van der Waals surface area (Å²) in [7, 11) is 2.40. The zero-order valence-electron chi connectivity index (χ0n) is 15.8. The Hall–Kier alpha value is -2.87. The quantitative estimate of drug-likeness (QED) is 0.502. The minimum atomic E-state index is -3.67. The molecule has 0 heterocycles. The fourth-order valence-corrected chi connectivity index (χ4v) is 2.87. The highest BCUT2D eigenvalue weighted by atomic mass is 32.2. The lowest BCUT2D eigenvalue weighted by atomic mass is 10.1. The number of rotatable bonds is 8. The molecule has 146 valence electrons. The number of methoxy groups -OCH3 is 4. The van der Waals surface area contributed by atoms with Crippen molar-refractivity contribution in [2.24, 2.45) is 0 Å². The lowest BCUT2D eigenvalue weighted by molar-refractivity contribution is 0.324. The largest absolute Gasteiger partial charge is 0.493 e. The van der Waals surface area contributed by atoms with Gasteiger partial charge in [0, 0.05) is 0 Å². The summed E-state index contributed by atoms with van der Waals surface area (Å²) in [4.78, 5) is 0. The van der Waals surface area contributed by atoms with E-state index >= 15 is 0 Å². The van der Waals surface area contributed by atoms with Crippen molar-refractivity contribution in [3.05, 3.63) is 41.5 Å². The Morgan fingerprint density at radius 3 is 1.70 bits per heavy atom. The normalized spacial score (nSPS) is 11.3. The van der Waals surface area contributed by atoms with E-state index in [4.69, 9.17) is 23.1 Å². The van der Waals surface area contributed by atoms with E-state index in [1.54, 1.807) is 50.6 Å². The summed E-state index contributed by atoms with van der Waals surface area (Å²) in [6.07, 6.45) is 4.61. The van der Waals surface area contributed by atoms with Crippen molar-refractivity contribution in [1.82, 2.24) is 0 Å². The van der Waals surface area contributed by atoms with E-state index in [1.165, 1.54) is 14.2 Å². The second kappa shape index (κ2) is 8.68. The van der Waals surface area contributed by atoms with Crippen LogP contribution in [-0.2, 0) is 10.1 Å². The van der Waals surface area contributed by atoms with Gasteiger partial charge in [-0.3, -0.25) is 0 Å². The van der Waals surface area contributed by atoms with Gasteiger partial charge in [-0.2, -0.15) is 8.42 Å². The Morgan fingerprint density at radius 1 is 0.704 bits per heavy atom. The van der Waals surface area contributed by atoms with E-state index in [-0.39, 0.29) is 5.75 Å². The molecule has 0 fully saturated rings. The topological polar surface area (TPSA) is 80.3 Å². The molecule has 2 aromatic rings. The van der Waals surface area contributed by atoms with Crippen molar-refractivity contribution < 1.29 is 31.5 Å². The molecule has 2 aromatic carbocycles. The summed E-state index contributed by atoms with van der Waals surface area (Å²) in [5, 5.41) is 0. The minimum Gasteiger partial charge on any atom is -0.493 e. The standard InChI is InChI=1S/C19H22O7S/c1-22-15-9-8-13(10-16(15)26-27(5,20)21)6-7-14-11-17(23-2)19(25-4)18(12-14)24-3/h6-12H,1-5H3/b7-6-. The van der Waals surface area contributed by atoms with E-state index in [0.717, 1.165) is 17.4 Å². The van der Waals surface area contributed by atoms with Gasteiger partial charge in [0.05, 0.1) is 34.7 Å². The Kier molecular flexibility index (Phi) is 6.57. The monoisotopic (exact) mass is 394 g/mol. The van der Waals surface area contributed by atoms with Crippen LogP contribution in [0.25, 0.3) is 12.2 Å². The first-order chi connectivity index (χ1) is 12.8. The maximum Gasteiger partial charge on any atom is 0.306 e. The lowest BCUT2D eigenvalue weighted by Crippen LogP contribution is -2.06. The van der Waals surface area contributed by atoms with Gasteiger partial charge in [-0.15, -0.1) is 0 Å². The molecule has 0 radical (unpaired) electrons. The maximum atomic E-state index is 11.4. The predicted octanol–water partition coefficient (Wildman–Crippen LogP) is 3.23. The van der Waals surface area contributed by atoms with Gasteiger partial charge in [0.15, 0.2) is 23.0 Å². The second-order valence-electron chi connectivity index (χ2n) is 5.49. The van der Waals surface area contributed by atoms with E-state index in [9.17, 15) is 8.42 Å². The Bertz CT molecular complexity index is 908. The van der Waals surface area contributed by atoms with Crippen LogP contribution in [0.3, 0.4) is 0 Å². The third kappa shape index (κ3) is 5.30. The smallest absolute Gasteiger partial charge is 0.306 e. The first-order valence-electron chi connectivity index (χ1n) is 7.87. The molecular weight excluding hydrogens is 372 g/mol. The van der Waals surface area contributed by atoms with Crippen LogP contribution in [0, 0.1) is 0 Å². The van der Waals surface area contributed by atoms with Crippen molar-refractivity contribution in [2.75, 3.05) is 34.7 Å². The molecule has 0 amide bonds. The lowest BCUT2D eigenvalue weighted by Gasteiger charge is -2.13. The molecule has 0 bridgehead atoms. The molecule has 2 rings (SSSR count). The zero-order valence-corrected chi connectivity index (χ0v) is 16.6. The van der Waals surface area contributed by atoms with Gasteiger partial charge in [0.2, 0.25) is 5.75 Å². The molecular formula is C19H22O7S. The average molecular weight is 394 g/mol. The molecule has 7 nitrogen and oxygen atoms in total. The van der Waals surface area contributed by atoms with Gasteiger partial charge in [-0.1, -0.05) is 18.2 Å². The summed E-state index contributed by atoms with van der Waals surface area (Å²) in [6.45, 7) is 0. The van der Waals surface area contributed by atoms with Crippen molar-refractivity contribution in [1.29, 1.82) is 0 Å². The molecule has 27 heavy (non-hydrogen) atoms. The maximum absolute atomic E-state index is 11.4. The third-order valence-electron chi connectivity index (χ3n) is 3.58. The van der Waals surface area contributed by atoms with E-state index in [0.29, 0.717) is 23.0 Å². The summed E-state index contributed by atoms with van der Waals surface area (Å²) >= 11 is 0. The van der Waals surface area contributed by atoms with Gasteiger partial charge in [-0.25, -0.2) is 0 Å². The van der Waals surface area contributed by atoms with Crippen LogP contribution < -0.4 is 23.1 Å². The van der Waals surface area contributed by atoms with Gasteiger partial charge in [0.25, 0.3) is 0 Å². The molecule has 8 heteroatoms. The predicted molar refractivity (Wildman–Crippen MR) is 103 cm³/mol. The van der Waals surface area contributed by atoms with Crippen molar-refractivity contribution in [2.45, 2.75) is 0 Å². The SMILES string of the molecule is COc1ccc(/C=C\c2cc(OC)c(OC)c(OC)c2)cc1OS(C)(=O)=O. The highest BCUT2D eigenvalue weighted by molar-refractivity contribution is 7.86. The Labute approximate surface area is 159 Å². The molecule has 0 saturated carbocycles. The number of benzene rings is 2. The molecule has 0 saturated heterocycles. The fraction of sp³-hybridized carbons (Fsp3) is 0.263.